The Bertz CT molecular complexity index is 336. The molecule has 2 nitrogen and oxygen atoms in total. The van der Waals surface area contributed by atoms with E-state index < -0.39 is 0 Å². The summed E-state index contributed by atoms with van der Waals surface area (Å²) < 4.78 is 6.03. The highest BCUT2D eigenvalue weighted by molar-refractivity contribution is 5.19. The average Bonchev–Trinajstić information content (AvgIpc) is 2.29. The first kappa shape index (κ1) is 12.6. The monoisotopic (exact) mass is 233 g/mol. The number of benzene rings is 1. The van der Waals surface area contributed by atoms with Gasteiger partial charge in [0, 0.05) is 12.1 Å². The molecule has 1 aliphatic heterocycles. The highest BCUT2D eigenvalue weighted by Crippen LogP contribution is 2.26. The fourth-order valence-corrected chi connectivity index (χ4v) is 2.60. The van der Waals surface area contributed by atoms with Crippen molar-refractivity contribution in [2.45, 2.75) is 45.4 Å². The molecule has 1 aromatic rings. The summed E-state index contributed by atoms with van der Waals surface area (Å²) in [5, 5.41) is 3.67. The summed E-state index contributed by atoms with van der Waals surface area (Å²) in [6.45, 7) is 7.55. The molecule has 2 heteroatoms. The molecule has 0 bridgehead atoms. The Balaban J connectivity index is 1.97. The maximum absolute atomic E-state index is 6.03. The maximum Gasteiger partial charge on any atom is 0.0975 e. The Morgan fingerprint density at radius 3 is 2.59 bits per heavy atom. The van der Waals surface area contributed by atoms with Crippen molar-refractivity contribution < 1.29 is 4.74 Å². The van der Waals surface area contributed by atoms with Crippen LogP contribution in [0, 0.1) is 5.92 Å². The van der Waals surface area contributed by atoms with Crippen LogP contribution >= 0.6 is 0 Å². The SMILES string of the molecule is CC(C)CC1COC(c2ccccc2)C(C)N1. The van der Waals surface area contributed by atoms with E-state index in [1.165, 1.54) is 12.0 Å². The molecule has 1 aromatic carbocycles. The lowest BCUT2D eigenvalue weighted by Crippen LogP contribution is -2.49. The second-order valence-electron chi connectivity index (χ2n) is 5.45. The molecule has 17 heavy (non-hydrogen) atoms. The van der Waals surface area contributed by atoms with Gasteiger partial charge in [0.15, 0.2) is 0 Å². The van der Waals surface area contributed by atoms with E-state index in [0.29, 0.717) is 12.1 Å². The Labute approximate surface area is 104 Å². The second kappa shape index (κ2) is 5.65. The number of morpholine rings is 1. The largest absolute Gasteiger partial charge is 0.370 e. The lowest BCUT2D eigenvalue weighted by molar-refractivity contribution is -0.0283. The van der Waals surface area contributed by atoms with E-state index in [1.54, 1.807) is 0 Å². The second-order valence-corrected chi connectivity index (χ2v) is 5.45. The summed E-state index contributed by atoms with van der Waals surface area (Å²) >= 11 is 0. The summed E-state index contributed by atoms with van der Waals surface area (Å²) in [6, 6.07) is 11.4. The molecule has 0 spiro atoms. The maximum atomic E-state index is 6.03. The van der Waals surface area contributed by atoms with Crippen LogP contribution < -0.4 is 5.32 Å². The Kier molecular flexibility index (Phi) is 4.19. The predicted octanol–water partition coefficient (Wildman–Crippen LogP) is 3.15. The fourth-order valence-electron chi connectivity index (χ4n) is 2.60. The van der Waals surface area contributed by atoms with Gasteiger partial charge in [-0.25, -0.2) is 0 Å². The van der Waals surface area contributed by atoms with E-state index in [2.05, 4.69) is 50.4 Å². The van der Waals surface area contributed by atoms with Crippen molar-refractivity contribution in [3.63, 3.8) is 0 Å². The lowest BCUT2D eigenvalue weighted by Gasteiger charge is -2.36. The van der Waals surface area contributed by atoms with Crippen molar-refractivity contribution in [1.29, 1.82) is 0 Å². The number of hydrogen-bond donors (Lipinski definition) is 1. The van der Waals surface area contributed by atoms with Crippen molar-refractivity contribution in [3.05, 3.63) is 35.9 Å². The minimum atomic E-state index is 0.194. The van der Waals surface area contributed by atoms with Gasteiger partial charge in [0.2, 0.25) is 0 Å². The molecule has 0 radical (unpaired) electrons. The summed E-state index contributed by atoms with van der Waals surface area (Å²) in [5.74, 6) is 0.719. The third-order valence-corrected chi connectivity index (χ3v) is 3.31. The molecule has 94 valence electrons. The van der Waals surface area contributed by atoms with Crippen molar-refractivity contribution in [2.24, 2.45) is 5.92 Å². The molecule has 1 fully saturated rings. The minimum absolute atomic E-state index is 0.194. The van der Waals surface area contributed by atoms with Crippen LogP contribution in [0.2, 0.25) is 0 Å². The van der Waals surface area contributed by atoms with Gasteiger partial charge in [0.1, 0.15) is 0 Å². The van der Waals surface area contributed by atoms with Gasteiger partial charge in [-0.1, -0.05) is 44.2 Å². The lowest BCUT2D eigenvalue weighted by atomic mass is 9.97. The molecule has 3 atom stereocenters. The quantitative estimate of drug-likeness (QED) is 0.866. The van der Waals surface area contributed by atoms with Crippen molar-refractivity contribution >= 4 is 0 Å². The Morgan fingerprint density at radius 1 is 1.29 bits per heavy atom. The normalized spacial score (nSPS) is 29.5. The van der Waals surface area contributed by atoms with Gasteiger partial charge in [0.05, 0.1) is 12.7 Å². The van der Waals surface area contributed by atoms with Gasteiger partial charge < -0.3 is 10.1 Å². The van der Waals surface area contributed by atoms with Gasteiger partial charge in [0.25, 0.3) is 0 Å². The number of ether oxygens (including phenoxy) is 1. The minimum Gasteiger partial charge on any atom is -0.370 e. The molecule has 1 aliphatic rings. The molecule has 1 saturated heterocycles. The first-order valence-corrected chi connectivity index (χ1v) is 6.59. The molecule has 0 amide bonds. The van der Waals surface area contributed by atoms with E-state index in [4.69, 9.17) is 4.74 Å². The smallest absolute Gasteiger partial charge is 0.0975 e. The Morgan fingerprint density at radius 2 is 2.00 bits per heavy atom. The van der Waals surface area contributed by atoms with Crippen LogP contribution in [0.25, 0.3) is 0 Å². The van der Waals surface area contributed by atoms with Crippen LogP contribution in [-0.2, 0) is 4.74 Å². The molecule has 0 aromatic heterocycles. The Hall–Kier alpha value is -0.860. The van der Waals surface area contributed by atoms with Crippen LogP contribution in [0.1, 0.15) is 38.9 Å². The fraction of sp³-hybridized carbons (Fsp3) is 0.600. The summed E-state index contributed by atoms with van der Waals surface area (Å²) in [5.41, 5.74) is 1.27. The summed E-state index contributed by atoms with van der Waals surface area (Å²) in [7, 11) is 0. The molecule has 0 saturated carbocycles. The van der Waals surface area contributed by atoms with Crippen LogP contribution in [-0.4, -0.2) is 18.7 Å². The van der Waals surface area contributed by atoms with Gasteiger partial charge >= 0.3 is 0 Å². The number of nitrogens with one attached hydrogen (secondary N) is 1. The molecule has 1 N–H and O–H groups in total. The van der Waals surface area contributed by atoms with Gasteiger partial charge in [-0.2, -0.15) is 0 Å². The third-order valence-electron chi connectivity index (χ3n) is 3.31. The van der Waals surface area contributed by atoms with E-state index in [1.807, 2.05) is 6.07 Å². The zero-order valence-electron chi connectivity index (χ0n) is 11.0. The predicted molar refractivity (Wildman–Crippen MR) is 71.0 cm³/mol. The number of hydrogen-bond acceptors (Lipinski definition) is 2. The van der Waals surface area contributed by atoms with Crippen molar-refractivity contribution in [3.8, 4) is 0 Å². The summed E-state index contributed by atoms with van der Waals surface area (Å²) in [6.07, 6.45) is 1.38. The van der Waals surface area contributed by atoms with E-state index in [9.17, 15) is 0 Å². The first-order chi connectivity index (χ1) is 8.16. The standard InChI is InChI=1S/C15H23NO/c1-11(2)9-14-10-17-15(12(3)16-14)13-7-5-4-6-8-13/h4-8,11-12,14-16H,9-10H2,1-3H3. The van der Waals surface area contributed by atoms with Crippen LogP contribution in [0.15, 0.2) is 30.3 Å². The zero-order valence-corrected chi connectivity index (χ0v) is 11.0. The highest BCUT2D eigenvalue weighted by Gasteiger charge is 2.28. The number of rotatable bonds is 3. The van der Waals surface area contributed by atoms with E-state index in [0.717, 1.165) is 12.5 Å². The first-order valence-electron chi connectivity index (χ1n) is 6.59. The van der Waals surface area contributed by atoms with Crippen molar-refractivity contribution in [1.82, 2.24) is 5.32 Å². The van der Waals surface area contributed by atoms with Gasteiger partial charge in [-0.05, 0) is 24.8 Å². The molecule has 3 unspecified atom stereocenters. The molecule has 2 rings (SSSR count). The molecule has 0 aliphatic carbocycles. The van der Waals surface area contributed by atoms with Crippen LogP contribution in [0.4, 0.5) is 0 Å². The van der Waals surface area contributed by atoms with Crippen molar-refractivity contribution in [2.75, 3.05) is 6.61 Å². The van der Waals surface area contributed by atoms with E-state index in [-0.39, 0.29) is 6.10 Å². The summed E-state index contributed by atoms with van der Waals surface area (Å²) in [4.78, 5) is 0. The zero-order chi connectivity index (χ0) is 12.3. The van der Waals surface area contributed by atoms with Crippen LogP contribution in [0.5, 0.6) is 0 Å². The molecular weight excluding hydrogens is 210 g/mol. The topological polar surface area (TPSA) is 21.3 Å². The highest BCUT2D eigenvalue weighted by atomic mass is 16.5. The average molecular weight is 233 g/mol. The van der Waals surface area contributed by atoms with Gasteiger partial charge in [-0.3, -0.25) is 0 Å². The van der Waals surface area contributed by atoms with Crippen LogP contribution in [0.3, 0.4) is 0 Å². The molecule has 1 heterocycles. The molecular formula is C15H23NO. The third kappa shape index (κ3) is 3.30. The van der Waals surface area contributed by atoms with E-state index >= 15 is 0 Å². The van der Waals surface area contributed by atoms with Gasteiger partial charge in [-0.15, -0.1) is 0 Å².